The Kier molecular flexibility index (Phi) is 4.51. The topological polar surface area (TPSA) is 54.5 Å². The van der Waals surface area contributed by atoms with Crippen molar-refractivity contribution in [1.82, 2.24) is 15.2 Å². The zero-order valence-electron chi connectivity index (χ0n) is 12.5. The molecule has 21 heavy (non-hydrogen) atoms. The largest absolute Gasteiger partial charge is 0.379 e. The van der Waals surface area contributed by atoms with Gasteiger partial charge in [-0.3, -0.25) is 9.78 Å². The zero-order valence-corrected chi connectivity index (χ0v) is 12.5. The number of nitrogens with one attached hydrogen (secondary N) is 1. The molecule has 0 aliphatic carbocycles. The first kappa shape index (κ1) is 14.5. The van der Waals surface area contributed by atoms with E-state index in [9.17, 15) is 4.79 Å². The van der Waals surface area contributed by atoms with Crippen LogP contribution in [0.25, 0.3) is 0 Å². The number of likely N-dealkylation sites (N-methyl/N-ethyl adjacent to an activating group) is 1. The van der Waals surface area contributed by atoms with E-state index < -0.39 is 0 Å². The number of likely N-dealkylation sites (tertiary alicyclic amines) is 1. The first-order chi connectivity index (χ1) is 10.3. The molecule has 0 aromatic carbocycles. The summed E-state index contributed by atoms with van der Waals surface area (Å²) in [7, 11) is 0. The molecule has 3 heterocycles. The summed E-state index contributed by atoms with van der Waals surface area (Å²) in [5, 5.41) is 3.37. The van der Waals surface area contributed by atoms with Crippen LogP contribution in [0.2, 0.25) is 0 Å². The van der Waals surface area contributed by atoms with Crippen molar-refractivity contribution in [1.29, 1.82) is 0 Å². The van der Waals surface area contributed by atoms with Gasteiger partial charge in [0.05, 0.1) is 25.2 Å². The van der Waals surface area contributed by atoms with Crippen LogP contribution < -0.4 is 5.32 Å². The standard InChI is InChI=1S/C16H23N3O2/c1-2-18-14-11-21-10-13(14)16(20)19-8-4-6-15(19)12-5-3-7-17-9-12/h3,5,7,9,13-15,18H,2,4,6,8,10-11H2,1H3. The lowest BCUT2D eigenvalue weighted by Gasteiger charge is -2.29. The smallest absolute Gasteiger partial charge is 0.230 e. The minimum Gasteiger partial charge on any atom is -0.379 e. The van der Waals surface area contributed by atoms with Gasteiger partial charge in [-0.1, -0.05) is 13.0 Å². The third kappa shape index (κ3) is 2.94. The van der Waals surface area contributed by atoms with Crippen LogP contribution in [0.4, 0.5) is 0 Å². The molecule has 0 radical (unpaired) electrons. The number of hydrogen-bond donors (Lipinski definition) is 1. The molecule has 114 valence electrons. The molecule has 5 heteroatoms. The van der Waals surface area contributed by atoms with Crippen LogP contribution in [-0.2, 0) is 9.53 Å². The van der Waals surface area contributed by atoms with E-state index >= 15 is 0 Å². The van der Waals surface area contributed by atoms with Gasteiger partial charge in [0, 0.05) is 25.0 Å². The summed E-state index contributed by atoms with van der Waals surface area (Å²) in [6.45, 7) is 4.94. The zero-order chi connectivity index (χ0) is 14.7. The van der Waals surface area contributed by atoms with E-state index in [0.717, 1.165) is 31.5 Å². The lowest BCUT2D eigenvalue weighted by molar-refractivity contribution is -0.137. The van der Waals surface area contributed by atoms with Crippen molar-refractivity contribution in [3.05, 3.63) is 30.1 Å². The van der Waals surface area contributed by atoms with Crippen LogP contribution in [0.3, 0.4) is 0 Å². The van der Waals surface area contributed by atoms with E-state index in [1.54, 1.807) is 6.20 Å². The Hall–Kier alpha value is -1.46. The van der Waals surface area contributed by atoms with Crippen LogP contribution in [0, 0.1) is 5.92 Å². The molecule has 1 aromatic rings. The maximum atomic E-state index is 12.9. The molecular formula is C16H23N3O2. The third-order valence-electron chi connectivity index (χ3n) is 4.47. The molecule has 2 saturated heterocycles. The Balaban J connectivity index is 1.74. The van der Waals surface area contributed by atoms with Crippen molar-refractivity contribution < 1.29 is 9.53 Å². The molecule has 1 aromatic heterocycles. The lowest BCUT2D eigenvalue weighted by Crippen LogP contribution is -2.45. The van der Waals surface area contributed by atoms with Gasteiger partial charge in [-0.2, -0.15) is 0 Å². The third-order valence-corrected chi connectivity index (χ3v) is 4.47. The van der Waals surface area contributed by atoms with E-state index in [1.807, 2.05) is 17.2 Å². The lowest BCUT2D eigenvalue weighted by atomic mass is 10.00. The monoisotopic (exact) mass is 289 g/mol. The van der Waals surface area contributed by atoms with Crippen molar-refractivity contribution >= 4 is 5.91 Å². The Morgan fingerprint density at radius 3 is 3.19 bits per heavy atom. The number of carbonyl (C=O) groups excluding carboxylic acids is 1. The summed E-state index contributed by atoms with van der Waals surface area (Å²) >= 11 is 0. The normalized spacial score (nSPS) is 29.0. The quantitative estimate of drug-likeness (QED) is 0.909. The summed E-state index contributed by atoms with van der Waals surface area (Å²) in [4.78, 5) is 19.1. The molecule has 5 nitrogen and oxygen atoms in total. The Morgan fingerprint density at radius 1 is 1.52 bits per heavy atom. The molecule has 1 N–H and O–H groups in total. The average molecular weight is 289 g/mol. The first-order valence-corrected chi connectivity index (χ1v) is 7.82. The SMILES string of the molecule is CCNC1COCC1C(=O)N1CCCC1c1cccnc1. The van der Waals surface area contributed by atoms with E-state index in [1.165, 1.54) is 0 Å². The number of carbonyl (C=O) groups is 1. The highest BCUT2D eigenvalue weighted by atomic mass is 16.5. The molecule has 3 atom stereocenters. The average Bonchev–Trinajstić information content (AvgIpc) is 3.17. The number of nitrogens with zero attached hydrogens (tertiary/aromatic N) is 2. The molecule has 0 saturated carbocycles. The second-order valence-corrected chi connectivity index (χ2v) is 5.78. The number of ether oxygens (including phenoxy) is 1. The van der Waals surface area contributed by atoms with E-state index in [0.29, 0.717) is 13.2 Å². The maximum absolute atomic E-state index is 12.9. The van der Waals surface area contributed by atoms with Crippen LogP contribution in [0.5, 0.6) is 0 Å². The van der Waals surface area contributed by atoms with Crippen LogP contribution in [0.1, 0.15) is 31.4 Å². The van der Waals surface area contributed by atoms with Gasteiger partial charge in [0.2, 0.25) is 5.91 Å². The van der Waals surface area contributed by atoms with Crippen LogP contribution in [0.15, 0.2) is 24.5 Å². The minimum absolute atomic E-state index is 0.0535. The van der Waals surface area contributed by atoms with E-state index in [4.69, 9.17) is 4.74 Å². The fourth-order valence-electron chi connectivity index (χ4n) is 3.42. The van der Waals surface area contributed by atoms with Crippen molar-refractivity contribution in [3.63, 3.8) is 0 Å². The molecule has 1 amide bonds. The first-order valence-electron chi connectivity index (χ1n) is 7.82. The molecule has 3 unspecified atom stereocenters. The Morgan fingerprint density at radius 2 is 2.43 bits per heavy atom. The summed E-state index contributed by atoms with van der Waals surface area (Å²) in [5.41, 5.74) is 1.14. The van der Waals surface area contributed by atoms with Crippen molar-refractivity contribution in [2.75, 3.05) is 26.3 Å². The van der Waals surface area contributed by atoms with Crippen molar-refractivity contribution in [2.45, 2.75) is 31.8 Å². The van der Waals surface area contributed by atoms with Crippen LogP contribution >= 0.6 is 0 Å². The second-order valence-electron chi connectivity index (χ2n) is 5.78. The molecule has 0 bridgehead atoms. The van der Waals surface area contributed by atoms with Gasteiger partial charge in [0.25, 0.3) is 0 Å². The van der Waals surface area contributed by atoms with Gasteiger partial charge >= 0.3 is 0 Å². The van der Waals surface area contributed by atoms with Gasteiger partial charge in [-0.25, -0.2) is 0 Å². The van der Waals surface area contributed by atoms with Gasteiger partial charge < -0.3 is 15.0 Å². The predicted molar refractivity (Wildman–Crippen MR) is 79.7 cm³/mol. The number of aromatic nitrogens is 1. The molecule has 2 fully saturated rings. The molecule has 2 aliphatic rings. The second kappa shape index (κ2) is 6.54. The fourth-order valence-corrected chi connectivity index (χ4v) is 3.42. The molecular weight excluding hydrogens is 266 g/mol. The number of rotatable bonds is 4. The maximum Gasteiger partial charge on any atom is 0.230 e. The van der Waals surface area contributed by atoms with Gasteiger partial charge in [-0.05, 0) is 31.0 Å². The van der Waals surface area contributed by atoms with Crippen molar-refractivity contribution in [3.8, 4) is 0 Å². The van der Waals surface area contributed by atoms with E-state index in [-0.39, 0.29) is 23.9 Å². The summed E-state index contributed by atoms with van der Waals surface area (Å²) in [6.07, 6.45) is 5.74. The van der Waals surface area contributed by atoms with Gasteiger partial charge in [-0.15, -0.1) is 0 Å². The molecule has 2 aliphatic heterocycles. The summed E-state index contributed by atoms with van der Waals surface area (Å²) < 4.78 is 5.52. The van der Waals surface area contributed by atoms with Gasteiger partial charge in [0.1, 0.15) is 0 Å². The van der Waals surface area contributed by atoms with Crippen molar-refractivity contribution in [2.24, 2.45) is 5.92 Å². The van der Waals surface area contributed by atoms with E-state index in [2.05, 4.69) is 23.3 Å². The molecule has 3 rings (SSSR count). The minimum atomic E-state index is -0.0535. The number of hydrogen-bond acceptors (Lipinski definition) is 4. The highest BCUT2D eigenvalue weighted by Crippen LogP contribution is 2.33. The summed E-state index contributed by atoms with van der Waals surface area (Å²) in [6, 6.07) is 4.33. The Bertz CT molecular complexity index is 480. The summed E-state index contributed by atoms with van der Waals surface area (Å²) in [5.74, 6) is 0.173. The van der Waals surface area contributed by atoms with Crippen LogP contribution in [-0.4, -0.2) is 48.1 Å². The highest BCUT2D eigenvalue weighted by Gasteiger charge is 2.40. The highest BCUT2D eigenvalue weighted by molar-refractivity contribution is 5.81. The van der Waals surface area contributed by atoms with Gasteiger partial charge in [0.15, 0.2) is 0 Å². The fraction of sp³-hybridized carbons (Fsp3) is 0.625. The Labute approximate surface area is 125 Å². The number of amides is 1. The molecule has 0 spiro atoms. The number of pyridine rings is 1. The predicted octanol–water partition coefficient (Wildman–Crippen LogP) is 1.37.